The molecule has 1 atom stereocenters. The molecule has 0 aliphatic carbocycles. The van der Waals surface area contributed by atoms with Gasteiger partial charge < -0.3 is 9.30 Å². The summed E-state index contributed by atoms with van der Waals surface area (Å²) in [6, 6.07) is 16.9. The smallest absolute Gasteiger partial charge is 0.411 e. The van der Waals surface area contributed by atoms with Crippen LogP contribution in [-0.4, -0.2) is 52.9 Å². The minimum Gasteiger partial charge on any atom is -0.442 e. The average Bonchev–Trinajstić information content (AvgIpc) is 3.22. The highest BCUT2D eigenvalue weighted by molar-refractivity contribution is 6.07. The quantitative estimate of drug-likeness (QED) is 0.680. The Labute approximate surface area is 165 Å². The van der Waals surface area contributed by atoms with Gasteiger partial charge in [0.1, 0.15) is 6.10 Å². The van der Waals surface area contributed by atoms with E-state index in [4.69, 9.17) is 4.74 Å². The number of para-hydroxylation sites is 2. The topological polar surface area (TPSA) is 37.7 Å². The Hall–Kier alpha value is -2.53. The second kappa shape index (κ2) is 7.13. The number of carbonyl (C=O) groups is 1. The number of benzene rings is 2. The lowest BCUT2D eigenvalue weighted by Gasteiger charge is -2.32. The second-order valence-corrected chi connectivity index (χ2v) is 8.32. The molecule has 2 aromatic carbocycles. The van der Waals surface area contributed by atoms with E-state index in [1.54, 1.807) is 0 Å². The Morgan fingerprint density at radius 2 is 1.57 bits per heavy atom. The maximum Gasteiger partial charge on any atom is 0.411 e. The predicted molar refractivity (Wildman–Crippen MR) is 111 cm³/mol. The van der Waals surface area contributed by atoms with Crippen LogP contribution < -0.4 is 0 Å². The summed E-state index contributed by atoms with van der Waals surface area (Å²) < 4.78 is 8.05. The number of fused-ring (bicyclic) bond motifs is 3. The number of hydrogen-bond donors (Lipinski definition) is 0. The van der Waals surface area contributed by atoms with Crippen LogP contribution in [0.15, 0.2) is 48.5 Å². The maximum atomic E-state index is 12.4. The highest BCUT2D eigenvalue weighted by atomic mass is 16.6. The summed E-state index contributed by atoms with van der Waals surface area (Å²) in [7, 11) is 0. The Morgan fingerprint density at radius 1 is 0.964 bits per heavy atom. The highest BCUT2D eigenvalue weighted by Gasteiger charge is 2.33. The number of ether oxygens (including phenoxy) is 1. The van der Waals surface area contributed by atoms with Crippen LogP contribution in [0.1, 0.15) is 19.8 Å². The number of rotatable bonds is 4. The molecular weight excluding hydrogens is 350 g/mol. The summed E-state index contributed by atoms with van der Waals surface area (Å²) in [4.78, 5) is 16.7. The number of cyclic esters (lactones) is 1. The zero-order valence-corrected chi connectivity index (χ0v) is 16.4. The van der Waals surface area contributed by atoms with Crippen molar-refractivity contribution in [2.45, 2.75) is 32.4 Å². The summed E-state index contributed by atoms with van der Waals surface area (Å²) in [6.45, 7) is 6.49. The fourth-order valence-electron chi connectivity index (χ4n) is 4.63. The molecule has 3 aromatic rings. The number of hydrogen-bond acceptors (Lipinski definition) is 3. The van der Waals surface area contributed by atoms with E-state index in [0.29, 0.717) is 19.8 Å². The Bertz CT molecular complexity index is 950. The molecule has 146 valence electrons. The lowest BCUT2D eigenvalue weighted by molar-refractivity contribution is 0.105. The molecule has 5 nitrogen and oxygen atoms in total. The van der Waals surface area contributed by atoms with Gasteiger partial charge in [0.05, 0.1) is 19.8 Å². The van der Waals surface area contributed by atoms with Gasteiger partial charge in [-0.2, -0.15) is 0 Å². The van der Waals surface area contributed by atoms with Crippen molar-refractivity contribution in [2.75, 3.05) is 26.3 Å². The number of amides is 1. The van der Waals surface area contributed by atoms with Crippen molar-refractivity contribution in [3.63, 3.8) is 0 Å². The first-order valence-electron chi connectivity index (χ1n) is 10.3. The van der Waals surface area contributed by atoms with E-state index in [1.807, 2.05) is 4.90 Å². The van der Waals surface area contributed by atoms with E-state index >= 15 is 0 Å². The minimum absolute atomic E-state index is 0.115. The van der Waals surface area contributed by atoms with Crippen molar-refractivity contribution in [3.8, 4) is 0 Å². The van der Waals surface area contributed by atoms with Gasteiger partial charge in [0, 0.05) is 34.9 Å². The van der Waals surface area contributed by atoms with E-state index in [9.17, 15) is 4.79 Å². The van der Waals surface area contributed by atoms with Gasteiger partial charge >= 0.3 is 6.09 Å². The molecule has 5 rings (SSSR count). The zero-order chi connectivity index (χ0) is 19.1. The van der Waals surface area contributed by atoms with Gasteiger partial charge in [-0.25, -0.2) is 4.79 Å². The number of carbonyl (C=O) groups excluding carboxylic acids is 1. The molecular formula is C23H27N3O2. The molecule has 28 heavy (non-hydrogen) atoms. The van der Waals surface area contributed by atoms with Crippen molar-refractivity contribution < 1.29 is 9.53 Å². The van der Waals surface area contributed by atoms with Crippen molar-refractivity contribution >= 4 is 27.9 Å². The number of nitrogens with zero attached hydrogens (tertiary/aromatic N) is 3. The Kier molecular flexibility index (Phi) is 4.47. The Morgan fingerprint density at radius 3 is 2.21 bits per heavy atom. The summed E-state index contributed by atoms with van der Waals surface area (Å²) in [5.41, 5.74) is 2.39. The molecule has 0 saturated carbocycles. The second-order valence-electron chi connectivity index (χ2n) is 8.32. The first-order chi connectivity index (χ1) is 13.7. The molecule has 5 heteroatoms. The van der Waals surface area contributed by atoms with E-state index in [1.165, 1.54) is 34.6 Å². The summed E-state index contributed by atoms with van der Waals surface area (Å²) in [6.07, 6.45) is 2.14. The van der Waals surface area contributed by atoms with E-state index < -0.39 is 0 Å². The third kappa shape index (κ3) is 3.14. The van der Waals surface area contributed by atoms with Crippen molar-refractivity contribution in [2.24, 2.45) is 5.92 Å². The van der Waals surface area contributed by atoms with Crippen LogP contribution in [-0.2, 0) is 11.3 Å². The first-order valence-corrected chi connectivity index (χ1v) is 10.3. The lowest BCUT2D eigenvalue weighted by atomic mass is 10.00. The van der Waals surface area contributed by atoms with Gasteiger partial charge in [-0.15, -0.1) is 0 Å². The van der Waals surface area contributed by atoms with Gasteiger partial charge in [-0.05, 0) is 30.9 Å². The molecule has 2 fully saturated rings. The summed E-state index contributed by atoms with van der Waals surface area (Å²) >= 11 is 0. The van der Waals surface area contributed by atoms with Crippen LogP contribution >= 0.6 is 0 Å². The standard InChI is InChI=1S/C23H27N3O2/c1-17-10-12-24(13-11-17)16-25-14-18(28-23(25)27)15-26-21-8-4-2-6-19(21)20-7-3-5-9-22(20)26/h2-9,17-18H,10-16H2,1H3/t18-/m1/s1. The van der Waals surface area contributed by atoms with Gasteiger partial charge in [-0.3, -0.25) is 9.80 Å². The predicted octanol–water partition coefficient (Wildman–Crippen LogP) is 4.30. The largest absolute Gasteiger partial charge is 0.442 e. The monoisotopic (exact) mass is 377 g/mol. The van der Waals surface area contributed by atoms with Gasteiger partial charge in [-0.1, -0.05) is 43.3 Å². The molecule has 0 unspecified atom stereocenters. The molecule has 0 N–H and O–H groups in total. The SMILES string of the molecule is CC1CCN(CN2C[C@H](Cn3c4ccccc4c4ccccc43)OC2=O)CC1. The van der Waals surface area contributed by atoms with E-state index in [-0.39, 0.29) is 12.2 Å². The third-order valence-electron chi connectivity index (χ3n) is 6.26. The Balaban J connectivity index is 1.35. The van der Waals surface area contributed by atoms with Crippen LogP contribution in [0.2, 0.25) is 0 Å². The molecule has 0 radical (unpaired) electrons. The maximum absolute atomic E-state index is 12.4. The molecule has 2 aliphatic heterocycles. The lowest BCUT2D eigenvalue weighted by Crippen LogP contribution is -2.42. The fourth-order valence-corrected chi connectivity index (χ4v) is 4.63. The van der Waals surface area contributed by atoms with Crippen LogP contribution in [0.25, 0.3) is 21.8 Å². The number of aromatic nitrogens is 1. The van der Waals surface area contributed by atoms with Crippen LogP contribution in [0.5, 0.6) is 0 Å². The molecule has 1 aromatic heterocycles. The van der Waals surface area contributed by atoms with Crippen molar-refractivity contribution in [1.82, 2.24) is 14.4 Å². The van der Waals surface area contributed by atoms with E-state index in [2.05, 4.69) is 64.9 Å². The highest BCUT2D eigenvalue weighted by Crippen LogP contribution is 2.30. The van der Waals surface area contributed by atoms with Gasteiger partial charge in [0.2, 0.25) is 0 Å². The van der Waals surface area contributed by atoms with Gasteiger partial charge in [0.15, 0.2) is 0 Å². The molecule has 0 bridgehead atoms. The molecule has 0 spiro atoms. The normalized spacial score (nSPS) is 21.7. The van der Waals surface area contributed by atoms with Crippen LogP contribution in [0, 0.1) is 5.92 Å². The number of likely N-dealkylation sites (tertiary alicyclic amines) is 1. The first kappa shape index (κ1) is 17.6. The summed E-state index contributed by atoms with van der Waals surface area (Å²) in [5.74, 6) is 0.796. The van der Waals surface area contributed by atoms with Crippen LogP contribution in [0.3, 0.4) is 0 Å². The average molecular weight is 377 g/mol. The zero-order valence-electron chi connectivity index (χ0n) is 16.4. The van der Waals surface area contributed by atoms with Crippen molar-refractivity contribution in [1.29, 1.82) is 0 Å². The summed E-state index contributed by atoms with van der Waals surface area (Å²) in [5, 5.41) is 2.50. The molecule has 2 saturated heterocycles. The van der Waals surface area contributed by atoms with E-state index in [0.717, 1.165) is 19.0 Å². The van der Waals surface area contributed by atoms with Gasteiger partial charge in [0.25, 0.3) is 0 Å². The molecule has 1 amide bonds. The molecule has 2 aliphatic rings. The third-order valence-corrected chi connectivity index (χ3v) is 6.26. The minimum atomic E-state index is -0.176. The van der Waals surface area contributed by atoms with Crippen molar-refractivity contribution in [3.05, 3.63) is 48.5 Å². The van der Waals surface area contributed by atoms with Crippen LogP contribution in [0.4, 0.5) is 4.79 Å². The fraction of sp³-hybridized carbons (Fsp3) is 0.435. The number of piperidine rings is 1. The molecule has 3 heterocycles.